The summed E-state index contributed by atoms with van der Waals surface area (Å²) in [5, 5.41) is 11.6. The largest absolute Gasteiger partial charge is 0.477 e. The van der Waals surface area contributed by atoms with Crippen molar-refractivity contribution in [3.05, 3.63) is 76.8 Å². The number of aryl methyl sites for hydroxylation is 1. The van der Waals surface area contributed by atoms with Gasteiger partial charge in [-0.15, -0.1) is 22.7 Å². The SMILES string of the molecule is Cc1cc(-c2ncc[nH]2)ccc1-c1cc2sc(C(=O)O)cc2n1Cc1csc2cncn12. The number of hydrogen-bond acceptors (Lipinski definition) is 5. The molecule has 0 amide bonds. The lowest BCUT2D eigenvalue weighted by atomic mass is 10.0. The molecule has 0 bridgehead atoms. The van der Waals surface area contributed by atoms with E-state index in [1.807, 2.05) is 18.7 Å². The first-order chi connectivity index (χ1) is 15.6. The number of rotatable bonds is 5. The summed E-state index contributed by atoms with van der Waals surface area (Å²) in [5.74, 6) is -0.0614. The van der Waals surface area contributed by atoms with Crippen LogP contribution < -0.4 is 0 Å². The van der Waals surface area contributed by atoms with E-state index in [-0.39, 0.29) is 0 Å². The molecular weight excluding hydrogens is 442 g/mol. The van der Waals surface area contributed by atoms with Crippen LogP contribution in [-0.4, -0.2) is 35.0 Å². The van der Waals surface area contributed by atoms with E-state index in [1.165, 1.54) is 11.3 Å². The minimum atomic E-state index is -0.897. The summed E-state index contributed by atoms with van der Waals surface area (Å²) in [6, 6.07) is 10.2. The van der Waals surface area contributed by atoms with Crippen molar-refractivity contribution in [2.24, 2.45) is 0 Å². The van der Waals surface area contributed by atoms with Crippen LogP contribution in [0.15, 0.2) is 60.6 Å². The van der Waals surface area contributed by atoms with Gasteiger partial charge in [0.25, 0.3) is 0 Å². The number of nitrogens with zero attached hydrogens (tertiary/aromatic N) is 4. The van der Waals surface area contributed by atoms with Crippen LogP contribution in [-0.2, 0) is 6.54 Å². The molecule has 6 aromatic rings. The maximum absolute atomic E-state index is 11.6. The number of benzene rings is 1. The molecular formula is C23H17N5O2S2. The number of imidazole rings is 2. The first kappa shape index (κ1) is 19.0. The number of thiazole rings is 1. The van der Waals surface area contributed by atoms with E-state index in [0.717, 1.165) is 48.9 Å². The van der Waals surface area contributed by atoms with E-state index < -0.39 is 5.97 Å². The molecule has 0 saturated carbocycles. The van der Waals surface area contributed by atoms with Crippen molar-refractivity contribution in [3.8, 4) is 22.6 Å². The third kappa shape index (κ3) is 2.97. The number of carbonyl (C=O) groups is 1. The van der Waals surface area contributed by atoms with Gasteiger partial charge in [-0.25, -0.2) is 14.8 Å². The molecule has 5 aromatic heterocycles. The summed E-state index contributed by atoms with van der Waals surface area (Å²) in [7, 11) is 0. The van der Waals surface area contributed by atoms with E-state index in [2.05, 4.69) is 60.5 Å². The van der Waals surface area contributed by atoms with Crippen LogP contribution in [0.5, 0.6) is 0 Å². The van der Waals surface area contributed by atoms with Gasteiger partial charge in [-0.3, -0.25) is 4.40 Å². The van der Waals surface area contributed by atoms with E-state index in [1.54, 1.807) is 23.6 Å². The molecule has 32 heavy (non-hydrogen) atoms. The number of H-pyrrole nitrogens is 1. The standard InChI is InChI=1S/C23H17N5O2S2/c1-13-6-14(22-25-4-5-26-22)2-3-16(13)17-7-19-18(8-20(32-19)23(29)30)27(17)10-15-11-31-21-9-24-12-28(15)21/h2-9,11-12H,10H2,1H3,(H,25,26)(H,29,30). The van der Waals surface area contributed by atoms with E-state index in [0.29, 0.717) is 11.4 Å². The van der Waals surface area contributed by atoms with Gasteiger partial charge < -0.3 is 14.7 Å². The van der Waals surface area contributed by atoms with Crippen molar-refractivity contribution in [2.75, 3.05) is 0 Å². The van der Waals surface area contributed by atoms with Gasteiger partial charge in [0.05, 0.1) is 34.3 Å². The molecule has 0 atom stereocenters. The Morgan fingerprint density at radius 1 is 1.25 bits per heavy atom. The highest BCUT2D eigenvalue weighted by molar-refractivity contribution is 7.20. The van der Waals surface area contributed by atoms with Gasteiger partial charge >= 0.3 is 5.97 Å². The van der Waals surface area contributed by atoms with Crippen molar-refractivity contribution in [1.29, 1.82) is 0 Å². The molecule has 6 rings (SSSR count). The number of nitrogens with one attached hydrogen (secondary N) is 1. The maximum atomic E-state index is 11.6. The molecule has 0 fully saturated rings. The molecule has 1 aromatic carbocycles. The monoisotopic (exact) mass is 459 g/mol. The third-order valence-electron chi connectivity index (χ3n) is 5.62. The number of aromatic amines is 1. The second-order valence-corrected chi connectivity index (χ2v) is 9.55. The highest BCUT2D eigenvalue weighted by Gasteiger charge is 2.19. The summed E-state index contributed by atoms with van der Waals surface area (Å²) in [6.45, 7) is 2.71. The molecule has 9 heteroatoms. The predicted octanol–water partition coefficient (Wildman–Crippen LogP) is 5.52. The number of thiophene rings is 1. The normalized spacial score (nSPS) is 11.7. The quantitative estimate of drug-likeness (QED) is 0.355. The van der Waals surface area contributed by atoms with Crippen LogP contribution in [0.25, 0.3) is 37.7 Å². The Labute approximate surface area is 190 Å². The molecule has 7 nitrogen and oxygen atoms in total. The zero-order valence-corrected chi connectivity index (χ0v) is 18.6. The zero-order valence-electron chi connectivity index (χ0n) is 16.9. The molecule has 0 saturated heterocycles. The van der Waals surface area contributed by atoms with Gasteiger partial charge in [-0.1, -0.05) is 12.1 Å². The second kappa shape index (κ2) is 7.18. The van der Waals surface area contributed by atoms with Crippen LogP contribution in [0.3, 0.4) is 0 Å². The van der Waals surface area contributed by atoms with Crippen molar-refractivity contribution in [1.82, 2.24) is 23.9 Å². The van der Waals surface area contributed by atoms with E-state index >= 15 is 0 Å². The number of fused-ring (bicyclic) bond motifs is 2. The summed E-state index contributed by atoms with van der Waals surface area (Å²) in [6.07, 6.45) is 7.23. The molecule has 0 unspecified atom stereocenters. The zero-order chi connectivity index (χ0) is 21.8. The molecule has 2 N–H and O–H groups in total. The van der Waals surface area contributed by atoms with E-state index in [9.17, 15) is 9.90 Å². The lowest BCUT2D eigenvalue weighted by Gasteiger charge is -2.13. The molecule has 0 aliphatic rings. The molecule has 5 heterocycles. The smallest absolute Gasteiger partial charge is 0.345 e. The van der Waals surface area contributed by atoms with Crippen molar-refractivity contribution >= 4 is 43.7 Å². The van der Waals surface area contributed by atoms with E-state index in [4.69, 9.17) is 0 Å². The predicted molar refractivity (Wildman–Crippen MR) is 127 cm³/mol. The second-order valence-electron chi connectivity index (χ2n) is 7.58. The number of hydrogen-bond donors (Lipinski definition) is 2. The average molecular weight is 460 g/mol. The van der Waals surface area contributed by atoms with Gasteiger partial charge in [0.15, 0.2) is 0 Å². The Morgan fingerprint density at radius 3 is 2.94 bits per heavy atom. The topological polar surface area (TPSA) is 88.2 Å². The number of carboxylic acids is 1. The van der Waals surface area contributed by atoms with Crippen LogP contribution >= 0.6 is 22.7 Å². The molecule has 0 spiro atoms. The Kier molecular flexibility index (Phi) is 4.27. The van der Waals surface area contributed by atoms with Crippen molar-refractivity contribution in [2.45, 2.75) is 13.5 Å². The minimum absolute atomic E-state index is 0.346. The van der Waals surface area contributed by atoms with Gasteiger partial charge in [-0.2, -0.15) is 0 Å². The van der Waals surface area contributed by atoms with Crippen LogP contribution in [0.4, 0.5) is 0 Å². The fourth-order valence-electron chi connectivity index (χ4n) is 4.11. The number of aromatic nitrogens is 5. The van der Waals surface area contributed by atoms with Gasteiger partial charge in [-0.05, 0) is 30.7 Å². The van der Waals surface area contributed by atoms with Gasteiger partial charge in [0.1, 0.15) is 21.9 Å². The first-order valence-corrected chi connectivity index (χ1v) is 11.6. The Bertz CT molecular complexity index is 1600. The molecule has 0 aliphatic heterocycles. The lowest BCUT2D eigenvalue weighted by molar-refractivity contribution is 0.0702. The maximum Gasteiger partial charge on any atom is 0.345 e. The number of carboxylic acid groups (broad SMARTS) is 1. The lowest BCUT2D eigenvalue weighted by Crippen LogP contribution is -2.04. The van der Waals surface area contributed by atoms with Crippen molar-refractivity contribution < 1.29 is 9.90 Å². The average Bonchev–Trinajstić information content (AvgIpc) is 3.57. The van der Waals surface area contributed by atoms with Crippen LogP contribution in [0, 0.1) is 6.92 Å². The fraction of sp³-hybridized carbons (Fsp3) is 0.0870. The van der Waals surface area contributed by atoms with Gasteiger partial charge in [0, 0.05) is 28.9 Å². The Morgan fingerprint density at radius 2 is 2.16 bits per heavy atom. The van der Waals surface area contributed by atoms with Crippen molar-refractivity contribution in [3.63, 3.8) is 0 Å². The highest BCUT2D eigenvalue weighted by atomic mass is 32.1. The minimum Gasteiger partial charge on any atom is -0.477 e. The number of aromatic carboxylic acids is 1. The summed E-state index contributed by atoms with van der Waals surface area (Å²) >= 11 is 2.96. The summed E-state index contributed by atoms with van der Waals surface area (Å²) < 4.78 is 5.25. The van der Waals surface area contributed by atoms with Gasteiger partial charge in [0.2, 0.25) is 0 Å². The molecule has 158 valence electrons. The fourth-order valence-corrected chi connectivity index (χ4v) is 5.89. The first-order valence-electron chi connectivity index (χ1n) is 9.94. The molecule has 0 aliphatic carbocycles. The van der Waals surface area contributed by atoms with Crippen LogP contribution in [0.2, 0.25) is 0 Å². The summed E-state index contributed by atoms with van der Waals surface area (Å²) in [5.41, 5.74) is 6.36. The van der Waals surface area contributed by atoms with Crippen LogP contribution in [0.1, 0.15) is 20.9 Å². The highest BCUT2D eigenvalue weighted by Crippen LogP contribution is 2.37. The third-order valence-corrected chi connectivity index (χ3v) is 7.62. The summed E-state index contributed by atoms with van der Waals surface area (Å²) in [4.78, 5) is 24.8. The Hall–Kier alpha value is -3.69. The molecule has 0 radical (unpaired) electrons. The Balaban J connectivity index is 1.52.